The molecule has 4 rings (SSSR count). The first-order valence-corrected chi connectivity index (χ1v) is 8.82. The molecule has 3 aromatic carbocycles. The van der Waals surface area contributed by atoms with Crippen molar-refractivity contribution in [1.29, 1.82) is 0 Å². The summed E-state index contributed by atoms with van der Waals surface area (Å²) in [5.41, 5.74) is 5.13. The third kappa shape index (κ3) is 2.53. The van der Waals surface area contributed by atoms with Gasteiger partial charge in [0, 0.05) is 15.5 Å². The number of anilines is 3. The molecule has 3 aromatic rings. The number of para-hydroxylation sites is 2. The fourth-order valence-electron chi connectivity index (χ4n) is 3.01. The zero-order valence-electron chi connectivity index (χ0n) is 13.4. The van der Waals surface area contributed by atoms with E-state index in [1.54, 1.807) is 0 Å². The smallest absolute Gasteiger partial charge is 0.0601 e. The van der Waals surface area contributed by atoms with E-state index in [0.29, 0.717) is 5.92 Å². The molecule has 0 aliphatic carbocycles. The van der Waals surface area contributed by atoms with Gasteiger partial charge in [-0.3, -0.25) is 0 Å². The van der Waals surface area contributed by atoms with E-state index < -0.39 is 0 Å². The van der Waals surface area contributed by atoms with Crippen molar-refractivity contribution < 1.29 is 0 Å². The summed E-state index contributed by atoms with van der Waals surface area (Å²) in [6.45, 7) is 4.49. The van der Waals surface area contributed by atoms with Crippen LogP contribution < -0.4 is 4.90 Å². The molecule has 0 fully saturated rings. The van der Waals surface area contributed by atoms with Crippen molar-refractivity contribution in [1.82, 2.24) is 0 Å². The second kappa shape index (κ2) is 5.78. The Balaban J connectivity index is 1.93. The average molecular weight is 317 g/mol. The lowest BCUT2D eigenvalue weighted by Crippen LogP contribution is -2.14. The summed E-state index contributed by atoms with van der Waals surface area (Å²) in [6, 6.07) is 26.2. The van der Waals surface area contributed by atoms with Gasteiger partial charge in [-0.15, -0.1) is 0 Å². The SMILES string of the molecule is CC(C)c1cccc(N2c3ccccc3Sc3ccccc32)c1. The van der Waals surface area contributed by atoms with Crippen LogP contribution in [0.2, 0.25) is 0 Å². The molecule has 1 aliphatic heterocycles. The van der Waals surface area contributed by atoms with Crippen molar-refractivity contribution in [2.75, 3.05) is 4.90 Å². The summed E-state index contributed by atoms with van der Waals surface area (Å²) in [5, 5.41) is 0. The number of rotatable bonds is 2. The minimum atomic E-state index is 0.527. The third-order valence-corrected chi connectivity index (χ3v) is 5.36. The molecule has 1 nitrogen and oxygen atoms in total. The van der Waals surface area contributed by atoms with Crippen LogP contribution in [0, 0.1) is 0 Å². The summed E-state index contributed by atoms with van der Waals surface area (Å²) in [6.07, 6.45) is 0. The van der Waals surface area contributed by atoms with Crippen molar-refractivity contribution in [3.8, 4) is 0 Å². The molecule has 114 valence electrons. The van der Waals surface area contributed by atoms with Crippen molar-refractivity contribution >= 4 is 28.8 Å². The zero-order chi connectivity index (χ0) is 15.8. The Kier molecular flexibility index (Phi) is 3.62. The van der Waals surface area contributed by atoms with Crippen LogP contribution in [-0.4, -0.2) is 0 Å². The lowest BCUT2D eigenvalue weighted by atomic mass is 10.0. The summed E-state index contributed by atoms with van der Waals surface area (Å²) >= 11 is 1.85. The van der Waals surface area contributed by atoms with Crippen molar-refractivity contribution in [3.63, 3.8) is 0 Å². The number of nitrogens with zero attached hydrogens (tertiary/aromatic N) is 1. The number of benzene rings is 3. The molecule has 2 heteroatoms. The van der Waals surface area contributed by atoms with Gasteiger partial charge >= 0.3 is 0 Å². The predicted octanol–water partition coefficient (Wildman–Crippen LogP) is 6.74. The van der Waals surface area contributed by atoms with Crippen LogP contribution in [0.25, 0.3) is 0 Å². The molecule has 0 aromatic heterocycles. The maximum absolute atomic E-state index is 2.38. The van der Waals surface area contributed by atoms with Crippen LogP contribution >= 0.6 is 11.8 Å². The van der Waals surface area contributed by atoms with Gasteiger partial charge < -0.3 is 4.90 Å². The molecule has 1 heterocycles. The molecule has 23 heavy (non-hydrogen) atoms. The van der Waals surface area contributed by atoms with Crippen LogP contribution in [0.3, 0.4) is 0 Å². The minimum absolute atomic E-state index is 0.527. The Morgan fingerprint density at radius 2 is 1.35 bits per heavy atom. The molecule has 0 unspecified atom stereocenters. The van der Waals surface area contributed by atoms with Gasteiger partial charge in [0.15, 0.2) is 0 Å². The van der Waals surface area contributed by atoms with Crippen LogP contribution in [0.5, 0.6) is 0 Å². The van der Waals surface area contributed by atoms with Gasteiger partial charge in [0.25, 0.3) is 0 Å². The topological polar surface area (TPSA) is 3.24 Å². The maximum atomic E-state index is 2.38. The van der Waals surface area contributed by atoms with Gasteiger partial charge in [-0.05, 0) is 47.9 Å². The first-order valence-electron chi connectivity index (χ1n) is 8.00. The second-order valence-corrected chi connectivity index (χ2v) is 7.21. The van der Waals surface area contributed by atoms with Crippen LogP contribution in [0.1, 0.15) is 25.3 Å². The summed E-state index contributed by atoms with van der Waals surface area (Å²) in [5.74, 6) is 0.527. The molecule has 1 aliphatic rings. The van der Waals surface area contributed by atoms with Crippen molar-refractivity contribution in [2.24, 2.45) is 0 Å². The normalized spacial score (nSPS) is 12.9. The molecular weight excluding hydrogens is 298 g/mol. The standard InChI is InChI=1S/C21H19NS/c1-15(2)16-8-7-9-17(14-16)22-18-10-3-5-12-20(18)23-21-13-6-4-11-19(21)22/h3-15H,1-2H3. The highest BCUT2D eigenvalue weighted by Gasteiger charge is 2.24. The van der Waals surface area contributed by atoms with Crippen molar-refractivity contribution in [2.45, 2.75) is 29.6 Å². The highest BCUT2D eigenvalue weighted by atomic mass is 32.2. The molecular formula is C21H19NS. The van der Waals surface area contributed by atoms with Crippen molar-refractivity contribution in [3.05, 3.63) is 78.4 Å². The van der Waals surface area contributed by atoms with Gasteiger partial charge in [-0.1, -0.05) is 62.0 Å². The summed E-state index contributed by atoms with van der Waals surface area (Å²) in [4.78, 5) is 5.00. The van der Waals surface area contributed by atoms with Crippen LogP contribution in [-0.2, 0) is 0 Å². The van der Waals surface area contributed by atoms with E-state index >= 15 is 0 Å². The van der Waals surface area contributed by atoms with Gasteiger partial charge in [0.1, 0.15) is 0 Å². The van der Waals surface area contributed by atoms with Gasteiger partial charge in [-0.2, -0.15) is 0 Å². The Morgan fingerprint density at radius 3 is 1.96 bits per heavy atom. The molecule has 0 spiro atoms. The first-order chi connectivity index (χ1) is 11.2. The van der Waals surface area contributed by atoms with Gasteiger partial charge in [0.2, 0.25) is 0 Å². The molecule has 0 bridgehead atoms. The fraction of sp³-hybridized carbons (Fsp3) is 0.143. The number of hydrogen-bond acceptors (Lipinski definition) is 2. The molecule has 0 amide bonds. The van der Waals surface area contributed by atoms with Crippen LogP contribution in [0.15, 0.2) is 82.6 Å². The molecule has 0 atom stereocenters. The maximum Gasteiger partial charge on any atom is 0.0601 e. The Hall–Kier alpha value is -2.19. The molecule has 0 saturated heterocycles. The number of fused-ring (bicyclic) bond motifs is 2. The van der Waals surface area contributed by atoms with E-state index in [1.165, 1.54) is 32.4 Å². The van der Waals surface area contributed by atoms with Gasteiger partial charge in [0.05, 0.1) is 11.4 Å². The fourth-order valence-corrected chi connectivity index (χ4v) is 4.06. The largest absolute Gasteiger partial charge is 0.308 e. The van der Waals surface area contributed by atoms with E-state index in [4.69, 9.17) is 0 Å². The minimum Gasteiger partial charge on any atom is -0.308 e. The van der Waals surface area contributed by atoms with E-state index in [0.717, 1.165) is 0 Å². The Morgan fingerprint density at radius 1 is 0.739 bits per heavy atom. The number of hydrogen-bond donors (Lipinski definition) is 0. The van der Waals surface area contributed by atoms with E-state index in [1.807, 2.05) is 11.8 Å². The molecule has 0 N–H and O–H groups in total. The monoisotopic (exact) mass is 317 g/mol. The summed E-state index contributed by atoms with van der Waals surface area (Å²) < 4.78 is 0. The van der Waals surface area contributed by atoms with Crippen LogP contribution in [0.4, 0.5) is 17.1 Å². The highest BCUT2D eigenvalue weighted by Crippen LogP contribution is 2.51. The first kappa shape index (κ1) is 14.4. The Labute approximate surface area is 142 Å². The Bertz CT molecular complexity index is 808. The quantitative estimate of drug-likeness (QED) is 0.402. The predicted molar refractivity (Wildman–Crippen MR) is 99.3 cm³/mol. The lowest BCUT2D eigenvalue weighted by molar-refractivity contribution is 0.866. The molecule has 0 radical (unpaired) electrons. The zero-order valence-corrected chi connectivity index (χ0v) is 14.2. The summed E-state index contributed by atoms with van der Waals surface area (Å²) in [7, 11) is 0. The third-order valence-electron chi connectivity index (χ3n) is 4.23. The second-order valence-electron chi connectivity index (χ2n) is 6.12. The van der Waals surface area contributed by atoms with Gasteiger partial charge in [-0.25, -0.2) is 0 Å². The van der Waals surface area contributed by atoms with E-state index in [9.17, 15) is 0 Å². The molecule has 0 saturated carbocycles. The average Bonchev–Trinajstić information content (AvgIpc) is 2.59. The lowest BCUT2D eigenvalue weighted by Gasteiger charge is -2.33. The highest BCUT2D eigenvalue weighted by molar-refractivity contribution is 7.99. The van der Waals surface area contributed by atoms with E-state index in [2.05, 4.69) is 91.5 Å². The van der Waals surface area contributed by atoms with E-state index in [-0.39, 0.29) is 0 Å².